The molecule has 21 heavy (non-hydrogen) atoms. The molecular weight excluding hydrogens is 290 g/mol. The summed E-state index contributed by atoms with van der Waals surface area (Å²) in [5.41, 5.74) is 0.694. The van der Waals surface area contributed by atoms with Gasteiger partial charge in [-0.25, -0.2) is 4.79 Å². The second-order valence-corrected chi connectivity index (χ2v) is 5.10. The minimum Gasteiger partial charge on any atom is -0.338 e. The molecule has 1 aromatic carbocycles. The van der Waals surface area contributed by atoms with Crippen molar-refractivity contribution >= 4 is 29.0 Å². The van der Waals surface area contributed by atoms with Gasteiger partial charge in [0.25, 0.3) is 5.91 Å². The fourth-order valence-electron chi connectivity index (χ4n) is 1.50. The smallest absolute Gasteiger partial charge is 0.315 e. The summed E-state index contributed by atoms with van der Waals surface area (Å²) in [6.45, 7) is 2.62. The molecule has 0 spiro atoms. The van der Waals surface area contributed by atoms with Crippen LogP contribution in [0.4, 0.5) is 10.5 Å². The Labute approximate surface area is 125 Å². The number of rotatable bonds is 5. The number of carbonyl (C=O) groups excluding carboxylic acids is 2. The van der Waals surface area contributed by atoms with Crippen molar-refractivity contribution in [1.82, 2.24) is 20.8 Å². The lowest BCUT2D eigenvalue weighted by Crippen LogP contribution is -2.34. The Morgan fingerprint density at radius 1 is 1.14 bits per heavy atom. The molecule has 3 N–H and O–H groups in total. The lowest BCUT2D eigenvalue weighted by atomic mass is 10.3. The zero-order chi connectivity index (χ0) is 15.1. The first kappa shape index (κ1) is 14.9. The number of hydrogen-bond acceptors (Lipinski definition) is 5. The van der Waals surface area contributed by atoms with Gasteiger partial charge in [0.2, 0.25) is 5.01 Å². The topological polar surface area (TPSA) is 96.0 Å². The highest BCUT2D eigenvalue weighted by molar-refractivity contribution is 7.13. The molecule has 0 bridgehead atoms. The van der Waals surface area contributed by atoms with Crippen molar-refractivity contribution in [3.63, 3.8) is 0 Å². The molecule has 0 saturated carbocycles. The zero-order valence-corrected chi connectivity index (χ0v) is 12.2. The van der Waals surface area contributed by atoms with E-state index in [1.165, 1.54) is 0 Å². The summed E-state index contributed by atoms with van der Waals surface area (Å²) in [7, 11) is 0. The Hall–Kier alpha value is -2.48. The summed E-state index contributed by atoms with van der Waals surface area (Å²) in [5.74, 6) is -0.317. The number of aromatic nitrogens is 2. The van der Waals surface area contributed by atoms with E-state index in [2.05, 4.69) is 26.1 Å². The van der Waals surface area contributed by atoms with Crippen molar-refractivity contribution in [2.24, 2.45) is 0 Å². The van der Waals surface area contributed by atoms with E-state index in [0.717, 1.165) is 11.3 Å². The van der Waals surface area contributed by atoms with E-state index in [-0.39, 0.29) is 23.5 Å². The fraction of sp³-hybridized carbons (Fsp3) is 0.231. The van der Waals surface area contributed by atoms with Crippen molar-refractivity contribution in [2.45, 2.75) is 13.5 Å². The molecule has 1 heterocycles. The van der Waals surface area contributed by atoms with E-state index in [1.807, 2.05) is 25.1 Å². The molecule has 7 nitrogen and oxygen atoms in total. The van der Waals surface area contributed by atoms with Gasteiger partial charge in [0.05, 0.1) is 6.54 Å². The van der Waals surface area contributed by atoms with E-state index in [9.17, 15) is 9.59 Å². The average Bonchev–Trinajstić information content (AvgIpc) is 2.95. The van der Waals surface area contributed by atoms with Crippen molar-refractivity contribution in [2.75, 3.05) is 11.9 Å². The molecule has 1 aromatic heterocycles. The summed E-state index contributed by atoms with van der Waals surface area (Å²) in [5, 5.41) is 16.5. The largest absolute Gasteiger partial charge is 0.338 e. The zero-order valence-electron chi connectivity index (χ0n) is 11.4. The molecule has 0 aliphatic rings. The Bertz CT molecular complexity index is 614. The number of benzene rings is 1. The first-order valence-electron chi connectivity index (χ1n) is 6.39. The molecule has 0 atom stereocenters. The molecule has 110 valence electrons. The third kappa shape index (κ3) is 4.53. The predicted molar refractivity (Wildman–Crippen MR) is 80.2 cm³/mol. The number of nitrogens with zero attached hydrogens (tertiary/aromatic N) is 2. The van der Waals surface area contributed by atoms with Gasteiger partial charge in [0.1, 0.15) is 5.01 Å². The Kier molecular flexibility index (Phi) is 5.22. The van der Waals surface area contributed by atoms with Crippen LogP contribution >= 0.6 is 11.3 Å². The quantitative estimate of drug-likeness (QED) is 0.782. The molecule has 0 fully saturated rings. The monoisotopic (exact) mass is 305 g/mol. The van der Waals surface area contributed by atoms with E-state index < -0.39 is 0 Å². The number of nitrogens with one attached hydrogen (secondary N) is 3. The molecule has 0 saturated heterocycles. The third-order valence-electron chi connectivity index (χ3n) is 2.43. The average molecular weight is 305 g/mol. The van der Waals surface area contributed by atoms with E-state index in [4.69, 9.17) is 0 Å². The van der Waals surface area contributed by atoms with Gasteiger partial charge in [-0.15, -0.1) is 10.2 Å². The Morgan fingerprint density at radius 3 is 2.62 bits per heavy atom. The summed E-state index contributed by atoms with van der Waals surface area (Å²) in [6, 6.07) is 8.83. The second-order valence-electron chi connectivity index (χ2n) is 4.03. The van der Waals surface area contributed by atoms with Gasteiger partial charge in [0.15, 0.2) is 0 Å². The van der Waals surface area contributed by atoms with Crippen LogP contribution in [0.3, 0.4) is 0 Å². The van der Waals surface area contributed by atoms with Gasteiger partial charge in [-0.1, -0.05) is 29.5 Å². The Balaban J connectivity index is 1.90. The molecule has 8 heteroatoms. The molecule has 2 rings (SSSR count). The van der Waals surface area contributed by atoms with Gasteiger partial charge in [-0.2, -0.15) is 0 Å². The number of anilines is 1. The molecule has 3 amide bonds. The van der Waals surface area contributed by atoms with Gasteiger partial charge >= 0.3 is 6.03 Å². The maximum atomic E-state index is 12.0. The first-order valence-corrected chi connectivity index (χ1v) is 7.21. The van der Waals surface area contributed by atoms with Crippen LogP contribution in [0, 0.1) is 0 Å². The molecule has 0 aliphatic heterocycles. The Morgan fingerprint density at radius 2 is 1.90 bits per heavy atom. The van der Waals surface area contributed by atoms with Crippen LogP contribution < -0.4 is 16.0 Å². The summed E-state index contributed by atoms with van der Waals surface area (Å²) in [4.78, 5) is 23.2. The molecule has 0 unspecified atom stereocenters. The minimum atomic E-state index is -0.317. The van der Waals surface area contributed by atoms with Crippen LogP contribution in [-0.4, -0.2) is 28.7 Å². The summed E-state index contributed by atoms with van der Waals surface area (Å²) in [6.07, 6.45) is 0. The standard InChI is InChI=1S/C13H15N5O2S/c1-2-14-13(20)15-8-10-17-18-12(21-10)11(19)16-9-6-4-3-5-7-9/h3-7H,2,8H2,1H3,(H,16,19)(H2,14,15,20). The van der Waals surface area contributed by atoms with E-state index in [1.54, 1.807) is 12.1 Å². The molecular formula is C13H15N5O2S. The van der Waals surface area contributed by atoms with Crippen LogP contribution in [0.2, 0.25) is 0 Å². The molecule has 0 radical (unpaired) electrons. The van der Waals surface area contributed by atoms with Crippen molar-refractivity contribution < 1.29 is 9.59 Å². The van der Waals surface area contributed by atoms with Gasteiger partial charge < -0.3 is 16.0 Å². The highest BCUT2D eigenvalue weighted by atomic mass is 32.1. The fourth-order valence-corrected chi connectivity index (χ4v) is 2.18. The number of carbonyl (C=O) groups is 2. The number of hydrogen-bond donors (Lipinski definition) is 3. The predicted octanol–water partition coefficient (Wildman–Crippen LogP) is 1.61. The maximum absolute atomic E-state index is 12.0. The maximum Gasteiger partial charge on any atom is 0.315 e. The van der Waals surface area contributed by atoms with E-state index >= 15 is 0 Å². The van der Waals surface area contributed by atoms with Crippen molar-refractivity contribution in [1.29, 1.82) is 0 Å². The van der Waals surface area contributed by atoms with Crippen molar-refractivity contribution in [3.05, 3.63) is 40.3 Å². The van der Waals surface area contributed by atoms with Crippen LogP contribution in [0.15, 0.2) is 30.3 Å². The van der Waals surface area contributed by atoms with Crippen LogP contribution in [-0.2, 0) is 6.54 Å². The highest BCUT2D eigenvalue weighted by Gasteiger charge is 2.13. The lowest BCUT2D eigenvalue weighted by Gasteiger charge is -2.02. The molecule has 0 aliphatic carbocycles. The van der Waals surface area contributed by atoms with Crippen LogP contribution in [0.5, 0.6) is 0 Å². The summed E-state index contributed by atoms with van der Waals surface area (Å²) < 4.78 is 0. The van der Waals surface area contributed by atoms with Gasteiger partial charge in [-0.05, 0) is 19.1 Å². The number of urea groups is 1. The normalized spacial score (nSPS) is 9.95. The summed E-state index contributed by atoms with van der Waals surface area (Å²) >= 11 is 1.14. The third-order valence-corrected chi connectivity index (χ3v) is 3.35. The van der Waals surface area contributed by atoms with Crippen molar-refractivity contribution in [3.8, 4) is 0 Å². The van der Waals surface area contributed by atoms with Crippen LogP contribution in [0.1, 0.15) is 21.7 Å². The molecule has 2 aromatic rings. The number of amides is 3. The highest BCUT2D eigenvalue weighted by Crippen LogP contribution is 2.12. The second kappa shape index (κ2) is 7.34. The van der Waals surface area contributed by atoms with Gasteiger partial charge in [0, 0.05) is 12.2 Å². The van der Waals surface area contributed by atoms with Crippen LogP contribution in [0.25, 0.3) is 0 Å². The van der Waals surface area contributed by atoms with Gasteiger partial charge in [-0.3, -0.25) is 4.79 Å². The lowest BCUT2D eigenvalue weighted by molar-refractivity contribution is 0.102. The first-order chi connectivity index (χ1) is 10.2. The minimum absolute atomic E-state index is 0.238. The SMILES string of the molecule is CCNC(=O)NCc1nnc(C(=O)Nc2ccccc2)s1. The number of para-hydroxylation sites is 1. The van der Waals surface area contributed by atoms with E-state index in [0.29, 0.717) is 17.2 Å².